The minimum Gasteiger partial charge on any atom is -0.508 e. The SMILES string of the molecule is Oc1ccc(C(CNC2=NC(Cl)([C@@H]3O[C@H](c4nnn(Cc5ccccc5)n4)[C@@H](O)[C@H]3O)N=C3N=CN=C32)c2ccc(O)cc2)cc1. The van der Waals surface area contributed by atoms with E-state index in [-0.39, 0.29) is 34.9 Å². The molecule has 0 amide bonds. The predicted molar refractivity (Wildman–Crippen MR) is 168 cm³/mol. The van der Waals surface area contributed by atoms with Crippen molar-refractivity contribution in [3.8, 4) is 11.5 Å². The van der Waals surface area contributed by atoms with Crippen molar-refractivity contribution in [1.82, 2.24) is 25.5 Å². The third kappa shape index (κ3) is 5.74. The van der Waals surface area contributed by atoms with Crippen LogP contribution in [0.5, 0.6) is 11.5 Å². The van der Waals surface area contributed by atoms with Gasteiger partial charge in [0, 0.05) is 12.5 Å². The summed E-state index contributed by atoms with van der Waals surface area (Å²) in [6.07, 6.45) is -4.10. The maximum Gasteiger partial charge on any atom is 0.258 e. The van der Waals surface area contributed by atoms with E-state index in [2.05, 4.69) is 40.7 Å². The largest absolute Gasteiger partial charge is 0.508 e. The Kier molecular flexibility index (Phi) is 7.78. The second kappa shape index (κ2) is 12.1. The lowest BCUT2D eigenvalue weighted by Gasteiger charge is -2.31. The van der Waals surface area contributed by atoms with Crippen LogP contribution < -0.4 is 5.32 Å². The number of rotatable bonds is 8. The molecule has 5 N–H and O–H groups in total. The molecule has 0 radical (unpaired) electrons. The van der Waals surface area contributed by atoms with Crippen molar-refractivity contribution in [3.05, 3.63) is 101 Å². The minimum absolute atomic E-state index is 0.0721. The molecule has 3 aromatic carbocycles. The Morgan fingerprint density at radius 2 is 1.57 bits per heavy atom. The Morgan fingerprint density at radius 3 is 2.24 bits per heavy atom. The summed E-state index contributed by atoms with van der Waals surface area (Å²) >= 11 is 7.00. The van der Waals surface area contributed by atoms with Gasteiger partial charge in [-0.25, -0.2) is 20.0 Å². The van der Waals surface area contributed by atoms with E-state index in [1.807, 2.05) is 30.3 Å². The fourth-order valence-corrected chi connectivity index (χ4v) is 5.91. The molecule has 3 aliphatic heterocycles. The number of aromatic nitrogens is 4. The van der Waals surface area contributed by atoms with Gasteiger partial charge >= 0.3 is 0 Å². The summed E-state index contributed by atoms with van der Waals surface area (Å²) in [4.78, 5) is 19.0. The van der Waals surface area contributed by atoms with Crippen LogP contribution >= 0.6 is 11.6 Å². The van der Waals surface area contributed by atoms with Gasteiger partial charge in [-0.05, 0) is 46.2 Å². The number of alkyl halides is 1. The zero-order valence-corrected chi connectivity index (χ0v) is 24.8. The quantitative estimate of drug-likeness (QED) is 0.141. The zero-order chi connectivity index (χ0) is 31.8. The Bertz CT molecular complexity index is 1800. The molecular weight excluding hydrogens is 614 g/mol. The first-order chi connectivity index (χ1) is 22.3. The molecule has 15 heteroatoms. The van der Waals surface area contributed by atoms with Gasteiger partial charge in [0.05, 0.1) is 6.54 Å². The number of halogens is 1. The van der Waals surface area contributed by atoms with E-state index >= 15 is 0 Å². The number of nitrogens with zero attached hydrogens (tertiary/aromatic N) is 8. The number of hydrogen-bond acceptors (Lipinski definition) is 13. The first-order valence-electron chi connectivity index (χ1n) is 14.4. The fourth-order valence-electron chi connectivity index (χ4n) is 5.56. The van der Waals surface area contributed by atoms with Crippen LogP contribution in [0, 0.1) is 0 Å². The average Bonchev–Trinajstić information content (AvgIpc) is 3.79. The van der Waals surface area contributed by atoms with Crippen molar-refractivity contribution in [2.45, 2.75) is 42.0 Å². The minimum atomic E-state index is -1.93. The van der Waals surface area contributed by atoms with Crippen LogP contribution in [0.3, 0.4) is 0 Å². The van der Waals surface area contributed by atoms with Crippen molar-refractivity contribution in [1.29, 1.82) is 0 Å². The molecule has 1 saturated heterocycles. The van der Waals surface area contributed by atoms with Crippen LogP contribution in [0.4, 0.5) is 0 Å². The standard InChI is InChI=1S/C31H28ClN9O5/c32-31(27-25(45)24(44)26(46-27)30-38-40-41(39-30)15-17-4-2-1-3-5-17)36-28(23-29(37-31)35-16-34-23)33-14-22(18-6-10-20(42)11-7-18)19-8-12-21(43)13-9-19/h1-13,16,22,24-27,42-45H,14-15H2,(H,33,36)/t24-,25+,26-,27+,31?/m0/s1. The summed E-state index contributed by atoms with van der Waals surface area (Å²) in [5.74, 6) is 0.519. The molecule has 0 spiro atoms. The van der Waals surface area contributed by atoms with Gasteiger partial charge in [0.1, 0.15) is 36.1 Å². The van der Waals surface area contributed by atoms with Crippen molar-refractivity contribution in [2.75, 3.05) is 6.54 Å². The highest BCUT2D eigenvalue weighted by atomic mass is 35.5. The molecule has 234 valence electrons. The van der Waals surface area contributed by atoms with Gasteiger partial charge in [-0.3, -0.25) is 0 Å². The van der Waals surface area contributed by atoms with Gasteiger partial charge in [-0.15, -0.1) is 10.2 Å². The van der Waals surface area contributed by atoms with Crippen LogP contribution in [-0.2, 0) is 11.3 Å². The first-order valence-corrected chi connectivity index (χ1v) is 14.8. The van der Waals surface area contributed by atoms with Gasteiger partial charge in [0.15, 0.2) is 23.5 Å². The summed E-state index contributed by atoms with van der Waals surface area (Å²) in [6, 6.07) is 23.2. The number of hydrogen-bond donors (Lipinski definition) is 5. The number of aliphatic hydroxyl groups is 2. The molecular formula is C31H28ClN9O5. The lowest BCUT2D eigenvalue weighted by Crippen LogP contribution is -2.50. The summed E-state index contributed by atoms with van der Waals surface area (Å²) in [5, 5.41) is 55.7. The number of phenolic OH excluding ortho intramolecular Hbond substituents is 2. The lowest BCUT2D eigenvalue weighted by molar-refractivity contribution is -0.0170. The van der Waals surface area contributed by atoms with E-state index in [9.17, 15) is 20.4 Å². The molecule has 4 aromatic rings. The zero-order valence-electron chi connectivity index (χ0n) is 24.0. The number of phenols is 2. The van der Waals surface area contributed by atoms with E-state index in [0.29, 0.717) is 18.8 Å². The number of aliphatic hydroxyl groups excluding tert-OH is 2. The van der Waals surface area contributed by atoms with E-state index in [1.165, 1.54) is 11.1 Å². The molecule has 1 aromatic heterocycles. The third-order valence-corrected chi connectivity index (χ3v) is 8.30. The number of amidine groups is 2. The number of aromatic hydroxyl groups is 2. The molecule has 3 aliphatic rings. The van der Waals surface area contributed by atoms with E-state index in [4.69, 9.17) is 16.3 Å². The number of tetrazole rings is 1. The van der Waals surface area contributed by atoms with Crippen LogP contribution in [-0.4, -0.2) is 94.3 Å². The second-order valence-electron chi connectivity index (χ2n) is 11.0. The van der Waals surface area contributed by atoms with E-state index in [0.717, 1.165) is 16.7 Å². The maximum absolute atomic E-state index is 11.1. The Labute approximate surface area is 267 Å². The molecule has 5 atom stereocenters. The molecule has 1 unspecified atom stereocenters. The van der Waals surface area contributed by atoms with Crippen LogP contribution in [0.25, 0.3) is 0 Å². The van der Waals surface area contributed by atoms with Crippen LogP contribution in [0.1, 0.15) is 34.5 Å². The van der Waals surface area contributed by atoms with Crippen LogP contribution in [0.2, 0.25) is 0 Å². The van der Waals surface area contributed by atoms with Crippen molar-refractivity contribution in [2.24, 2.45) is 20.0 Å². The molecule has 1 fully saturated rings. The van der Waals surface area contributed by atoms with Gasteiger partial charge in [-0.2, -0.15) is 4.80 Å². The molecule has 7 rings (SSSR count). The fraction of sp³-hybridized carbons (Fsp3) is 0.258. The Hall–Kier alpha value is -5.02. The predicted octanol–water partition coefficient (Wildman–Crippen LogP) is 1.90. The smallest absolute Gasteiger partial charge is 0.258 e. The molecule has 14 nitrogen and oxygen atoms in total. The van der Waals surface area contributed by atoms with Gasteiger partial charge in [-0.1, -0.05) is 66.2 Å². The monoisotopic (exact) mass is 641 g/mol. The third-order valence-electron chi connectivity index (χ3n) is 7.91. The van der Waals surface area contributed by atoms with Crippen molar-refractivity contribution >= 4 is 35.3 Å². The summed E-state index contributed by atoms with van der Waals surface area (Å²) in [7, 11) is 0. The Morgan fingerprint density at radius 1 is 0.891 bits per heavy atom. The van der Waals surface area contributed by atoms with Gasteiger partial charge < -0.3 is 30.5 Å². The molecule has 0 aliphatic carbocycles. The highest BCUT2D eigenvalue weighted by Crippen LogP contribution is 2.42. The first kappa shape index (κ1) is 29.7. The molecule has 4 heterocycles. The number of nitrogens with one attached hydrogen (secondary N) is 1. The molecule has 0 bridgehead atoms. The molecule has 46 heavy (non-hydrogen) atoms. The number of aliphatic imine (C=N–C) groups is 4. The van der Waals surface area contributed by atoms with E-state index in [1.54, 1.807) is 48.5 Å². The average molecular weight is 642 g/mol. The Balaban J connectivity index is 1.14. The number of ether oxygens (including phenoxy) is 1. The highest BCUT2D eigenvalue weighted by molar-refractivity contribution is 6.71. The lowest BCUT2D eigenvalue weighted by atomic mass is 9.91. The normalized spacial score (nSPS) is 25.3. The maximum atomic E-state index is 11.1. The highest BCUT2D eigenvalue weighted by Gasteiger charge is 2.56. The molecule has 0 saturated carbocycles. The number of fused-ring (bicyclic) bond motifs is 1. The summed E-state index contributed by atoms with van der Waals surface area (Å²) in [6.45, 7) is 0.645. The van der Waals surface area contributed by atoms with Crippen molar-refractivity contribution in [3.63, 3.8) is 0 Å². The van der Waals surface area contributed by atoms with Gasteiger partial charge in [0.25, 0.3) is 5.12 Å². The second-order valence-corrected chi connectivity index (χ2v) is 11.5. The summed E-state index contributed by atoms with van der Waals surface area (Å²) < 4.78 is 6.07. The van der Waals surface area contributed by atoms with E-state index < -0.39 is 29.5 Å². The topological polar surface area (TPSA) is 195 Å². The van der Waals surface area contributed by atoms with Gasteiger partial charge in [0.2, 0.25) is 5.82 Å². The van der Waals surface area contributed by atoms with Crippen LogP contribution in [0.15, 0.2) is 98.8 Å². The van der Waals surface area contributed by atoms with Crippen molar-refractivity contribution < 1.29 is 25.2 Å². The number of benzene rings is 3. The summed E-state index contributed by atoms with van der Waals surface area (Å²) in [5.41, 5.74) is 3.08.